The summed E-state index contributed by atoms with van der Waals surface area (Å²) < 4.78 is 40.5. The lowest BCUT2D eigenvalue weighted by Crippen LogP contribution is -2.55. The summed E-state index contributed by atoms with van der Waals surface area (Å²) in [6.45, 7) is 3.92. The van der Waals surface area contributed by atoms with Gasteiger partial charge in [0.15, 0.2) is 6.73 Å². The van der Waals surface area contributed by atoms with Crippen LogP contribution in [0, 0.1) is 11.6 Å². The number of hydrazone groups is 1. The molecule has 0 radical (unpaired) electrons. The molecule has 16 heteroatoms. The molecule has 2 atom stereocenters. The molecule has 1 aromatic heterocycles. The van der Waals surface area contributed by atoms with Crippen LogP contribution in [0.2, 0.25) is 0 Å². The number of anilines is 1. The van der Waals surface area contributed by atoms with Crippen molar-refractivity contribution in [3.8, 4) is 5.69 Å². The first kappa shape index (κ1) is 29.6. The molecular weight excluding hydrogens is 568 g/mol. The van der Waals surface area contributed by atoms with E-state index in [1.54, 1.807) is 41.0 Å². The SMILES string of the molecule is CCCOC(=O)OCN1C=NN(C[C@](O)(c2ccc(F)cc2F)[C@@H](C)N2CCN(c3ccc(-n4cnnn4)cc3)C2=O)C1. The van der Waals surface area contributed by atoms with Gasteiger partial charge < -0.3 is 24.4 Å². The van der Waals surface area contributed by atoms with Gasteiger partial charge >= 0.3 is 12.2 Å². The maximum absolute atomic E-state index is 15.2. The van der Waals surface area contributed by atoms with Gasteiger partial charge in [0.1, 0.15) is 36.6 Å². The van der Waals surface area contributed by atoms with Crippen molar-refractivity contribution < 1.29 is 33.0 Å². The van der Waals surface area contributed by atoms with Gasteiger partial charge in [0.05, 0.1) is 24.9 Å². The van der Waals surface area contributed by atoms with Gasteiger partial charge in [-0.3, -0.25) is 9.91 Å². The number of benzene rings is 2. The van der Waals surface area contributed by atoms with Crippen molar-refractivity contribution in [2.24, 2.45) is 5.10 Å². The highest BCUT2D eigenvalue weighted by molar-refractivity contribution is 5.94. The summed E-state index contributed by atoms with van der Waals surface area (Å²) in [7, 11) is 0. The Kier molecular flexibility index (Phi) is 8.66. The van der Waals surface area contributed by atoms with E-state index < -0.39 is 35.5 Å². The van der Waals surface area contributed by atoms with Crippen LogP contribution in [-0.2, 0) is 15.1 Å². The Labute approximate surface area is 245 Å². The van der Waals surface area contributed by atoms with Crippen molar-refractivity contribution >= 4 is 24.2 Å². The number of nitrogens with zero attached hydrogens (tertiary/aromatic N) is 9. The Morgan fingerprint density at radius 2 is 1.88 bits per heavy atom. The number of rotatable bonds is 11. The highest BCUT2D eigenvalue weighted by Gasteiger charge is 2.47. The Hall–Kier alpha value is -4.86. The van der Waals surface area contributed by atoms with Crippen LogP contribution < -0.4 is 4.90 Å². The third-order valence-electron chi connectivity index (χ3n) is 7.29. The van der Waals surface area contributed by atoms with E-state index in [1.165, 1.54) is 33.3 Å². The van der Waals surface area contributed by atoms with Crippen molar-refractivity contribution in [2.75, 3.05) is 44.5 Å². The standard InChI is InChI=1S/C27H31F2N9O5/c1-3-12-42-26(40)43-18-34-16-31-35(17-34)14-27(41,23-9-4-20(28)13-24(23)29)19(2)36-10-11-37(25(36)39)21-5-7-22(8-6-21)38-15-30-32-33-38/h4-9,13,15-16,19,41H,3,10-12,14,17-18H2,1-2H3/t19-,27-/m1/s1. The summed E-state index contributed by atoms with van der Waals surface area (Å²) in [4.78, 5) is 29.9. The minimum atomic E-state index is -2.01. The van der Waals surface area contributed by atoms with E-state index in [0.29, 0.717) is 30.4 Å². The second-order valence-electron chi connectivity index (χ2n) is 10.1. The number of tetrazole rings is 1. The lowest BCUT2D eigenvalue weighted by Gasteiger charge is -2.41. The van der Waals surface area contributed by atoms with E-state index in [2.05, 4.69) is 20.6 Å². The quantitative estimate of drug-likeness (QED) is 0.327. The van der Waals surface area contributed by atoms with Crippen LogP contribution >= 0.6 is 0 Å². The molecule has 2 aliphatic heterocycles. The number of aromatic nitrogens is 4. The fourth-order valence-corrected chi connectivity index (χ4v) is 4.99. The molecule has 1 fully saturated rings. The van der Waals surface area contributed by atoms with Crippen LogP contribution in [0.5, 0.6) is 0 Å². The fraction of sp³-hybridized carbons (Fsp3) is 0.407. The number of β-amino-alcohol motifs (C(OH)–C–C–N with tert-alkyl or cyclic N) is 1. The van der Waals surface area contributed by atoms with E-state index in [-0.39, 0.29) is 38.7 Å². The molecule has 0 saturated carbocycles. The second kappa shape index (κ2) is 12.6. The largest absolute Gasteiger partial charge is 0.510 e. The number of carbonyl (C=O) groups excluding carboxylic acids is 2. The van der Waals surface area contributed by atoms with E-state index in [0.717, 1.165) is 6.07 Å². The van der Waals surface area contributed by atoms with Crippen LogP contribution in [0.15, 0.2) is 53.9 Å². The van der Waals surface area contributed by atoms with E-state index in [1.807, 2.05) is 6.92 Å². The Balaban J connectivity index is 1.32. The van der Waals surface area contributed by atoms with Crippen LogP contribution in [0.25, 0.3) is 5.69 Å². The molecule has 3 aromatic rings. The summed E-state index contributed by atoms with van der Waals surface area (Å²) in [6, 6.07) is 8.58. The second-order valence-corrected chi connectivity index (χ2v) is 10.1. The maximum Gasteiger partial charge on any atom is 0.510 e. The molecule has 1 saturated heterocycles. The number of ether oxygens (including phenoxy) is 2. The molecule has 1 N–H and O–H groups in total. The molecular formula is C27H31F2N9O5. The number of hydrogen-bond acceptors (Lipinski definition) is 11. The van der Waals surface area contributed by atoms with Crippen molar-refractivity contribution in [1.82, 2.24) is 35.0 Å². The van der Waals surface area contributed by atoms with Gasteiger partial charge in [0, 0.05) is 30.4 Å². The van der Waals surface area contributed by atoms with Crippen molar-refractivity contribution in [3.63, 3.8) is 0 Å². The Bertz CT molecular complexity index is 1460. The summed E-state index contributed by atoms with van der Waals surface area (Å²) in [5, 5.41) is 28.9. The van der Waals surface area contributed by atoms with Gasteiger partial charge in [-0.2, -0.15) is 5.10 Å². The first-order valence-electron chi connectivity index (χ1n) is 13.6. The smallest absolute Gasteiger partial charge is 0.434 e. The Morgan fingerprint density at radius 3 is 2.58 bits per heavy atom. The zero-order chi connectivity index (χ0) is 30.6. The average molecular weight is 600 g/mol. The number of carbonyl (C=O) groups is 2. The highest BCUT2D eigenvalue weighted by Crippen LogP contribution is 2.35. The molecule has 0 bridgehead atoms. The zero-order valence-electron chi connectivity index (χ0n) is 23.6. The minimum Gasteiger partial charge on any atom is -0.434 e. The molecule has 43 heavy (non-hydrogen) atoms. The number of aliphatic hydroxyl groups is 1. The monoisotopic (exact) mass is 599 g/mol. The van der Waals surface area contributed by atoms with Gasteiger partial charge in [0.25, 0.3) is 0 Å². The summed E-state index contributed by atoms with van der Waals surface area (Å²) in [5.74, 6) is -1.76. The molecule has 228 valence electrons. The molecule has 0 unspecified atom stereocenters. The number of urea groups is 1. The minimum absolute atomic E-state index is 0.0899. The summed E-state index contributed by atoms with van der Waals surface area (Å²) >= 11 is 0. The lowest BCUT2D eigenvalue weighted by atomic mass is 9.85. The van der Waals surface area contributed by atoms with Crippen LogP contribution in [0.3, 0.4) is 0 Å². The van der Waals surface area contributed by atoms with Gasteiger partial charge in [-0.15, -0.1) is 5.10 Å². The van der Waals surface area contributed by atoms with Gasteiger partial charge in [0.2, 0.25) is 0 Å². The van der Waals surface area contributed by atoms with Crippen molar-refractivity contribution in [3.05, 3.63) is 66.0 Å². The van der Waals surface area contributed by atoms with Crippen LogP contribution in [0.4, 0.5) is 24.1 Å². The van der Waals surface area contributed by atoms with Gasteiger partial charge in [-0.1, -0.05) is 13.0 Å². The predicted octanol–water partition coefficient (Wildman–Crippen LogP) is 2.50. The first-order valence-corrected chi connectivity index (χ1v) is 13.6. The zero-order valence-corrected chi connectivity index (χ0v) is 23.6. The molecule has 3 heterocycles. The molecule has 14 nitrogen and oxygen atoms in total. The third kappa shape index (κ3) is 6.33. The number of halogens is 2. The van der Waals surface area contributed by atoms with Crippen molar-refractivity contribution in [1.29, 1.82) is 0 Å². The van der Waals surface area contributed by atoms with E-state index >= 15 is 4.39 Å². The van der Waals surface area contributed by atoms with Crippen LogP contribution in [-0.4, -0.2) is 104 Å². The van der Waals surface area contributed by atoms with E-state index in [4.69, 9.17) is 9.47 Å². The number of hydrogen-bond donors (Lipinski definition) is 1. The summed E-state index contributed by atoms with van der Waals surface area (Å²) in [5.41, 5.74) is -0.881. The van der Waals surface area contributed by atoms with E-state index in [9.17, 15) is 19.1 Å². The molecule has 2 aliphatic rings. The number of amides is 2. The summed E-state index contributed by atoms with van der Waals surface area (Å²) in [6.07, 6.45) is 2.68. The maximum atomic E-state index is 15.2. The molecule has 2 amide bonds. The first-order chi connectivity index (χ1) is 20.7. The molecule has 0 aliphatic carbocycles. The molecule has 5 rings (SSSR count). The normalized spacial score (nSPS) is 17.0. The molecule has 2 aromatic carbocycles. The van der Waals surface area contributed by atoms with Crippen LogP contribution in [0.1, 0.15) is 25.8 Å². The third-order valence-corrected chi connectivity index (χ3v) is 7.29. The average Bonchev–Trinajstić information content (AvgIpc) is 3.76. The topological polar surface area (TPSA) is 142 Å². The van der Waals surface area contributed by atoms with Gasteiger partial charge in [-0.05, 0) is 54.1 Å². The highest BCUT2D eigenvalue weighted by atomic mass is 19.1. The molecule has 0 spiro atoms. The van der Waals surface area contributed by atoms with Crippen molar-refractivity contribution in [2.45, 2.75) is 31.9 Å². The Morgan fingerprint density at radius 1 is 1.12 bits per heavy atom. The van der Waals surface area contributed by atoms with Gasteiger partial charge in [-0.25, -0.2) is 23.1 Å². The predicted molar refractivity (Wildman–Crippen MR) is 148 cm³/mol. The fourth-order valence-electron chi connectivity index (χ4n) is 4.99. The lowest BCUT2D eigenvalue weighted by molar-refractivity contribution is -0.0602.